The zero-order chi connectivity index (χ0) is 11.6. The Balaban J connectivity index is 2.11. The fourth-order valence-electron chi connectivity index (χ4n) is 1.78. The van der Waals surface area contributed by atoms with E-state index in [4.69, 9.17) is 14.9 Å². The fourth-order valence-corrected chi connectivity index (χ4v) is 1.78. The fraction of sp³-hybridized carbons (Fsp3) is 0.417. The second kappa shape index (κ2) is 4.14. The van der Waals surface area contributed by atoms with Crippen LogP contribution >= 0.6 is 0 Å². The van der Waals surface area contributed by atoms with Crippen molar-refractivity contribution in [3.63, 3.8) is 0 Å². The standard InChI is InChI=1S/C12H14O4/c13-7-8-16-10-3-1-9(2-4-10)12(5-6-12)11(14)15/h1-4,13H,5-8H2,(H,14,15). The highest BCUT2D eigenvalue weighted by Gasteiger charge is 2.51. The number of carboxylic acid groups (broad SMARTS) is 1. The van der Waals surface area contributed by atoms with Gasteiger partial charge in [0.05, 0.1) is 12.0 Å². The van der Waals surface area contributed by atoms with Crippen molar-refractivity contribution in [3.05, 3.63) is 29.8 Å². The molecule has 1 aromatic rings. The van der Waals surface area contributed by atoms with Crippen LogP contribution in [0.25, 0.3) is 0 Å². The lowest BCUT2D eigenvalue weighted by Gasteiger charge is -2.11. The maximum absolute atomic E-state index is 11.1. The van der Waals surface area contributed by atoms with Crippen molar-refractivity contribution in [1.82, 2.24) is 0 Å². The molecule has 0 atom stereocenters. The molecule has 0 saturated heterocycles. The van der Waals surface area contributed by atoms with Crippen molar-refractivity contribution in [2.75, 3.05) is 13.2 Å². The average molecular weight is 222 g/mol. The first kappa shape index (κ1) is 11.0. The van der Waals surface area contributed by atoms with Gasteiger partial charge in [-0.1, -0.05) is 12.1 Å². The van der Waals surface area contributed by atoms with E-state index in [1.54, 1.807) is 24.3 Å². The molecule has 0 unspecified atom stereocenters. The van der Waals surface area contributed by atoms with Crippen LogP contribution in [0.2, 0.25) is 0 Å². The van der Waals surface area contributed by atoms with Gasteiger partial charge in [0.15, 0.2) is 0 Å². The molecule has 2 rings (SSSR count). The quantitative estimate of drug-likeness (QED) is 0.785. The van der Waals surface area contributed by atoms with Gasteiger partial charge in [0.1, 0.15) is 12.4 Å². The SMILES string of the molecule is O=C(O)C1(c2ccc(OCCO)cc2)CC1. The second-order valence-electron chi connectivity index (χ2n) is 3.98. The van der Waals surface area contributed by atoms with E-state index in [1.807, 2.05) is 0 Å². The minimum absolute atomic E-state index is 0.0270. The Kier molecular flexibility index (Phi) is 2.83. The van der Waals surface area contributed by atoms with Crippen molar-refractivity contribution >= 4 is 5.97 Å². The molecule has 1 aliphatic rings. The third kappa shape index (κ3) is 1.88. The number of rotatable bonds is 5. The predicted octanol–water partition coefficient (Wildman–Crippen LogP) is 1.17. The molecule has 1 saturated carbocycles. The van der Waals surface area contributed by atoms with Crippen LogP contribution in [0.3, 0.4) is 0 Å². The monoisotopic (exact) mass is 222 g/mol. The van der Waals surface area contributed by atoms with Gasteiger partial charge in [0.25, 0.3) is 0 Å². The molecule has 0 heterocycles. The first-order valence-electron chi connectivity index (χ1n) is 5.27. The van der Waals surface area contributed by atoms with E-state index in [9.17, 15) is 4.79 Å². The molecule has 86 valence electrons. The summed E-state index contributed by atoms with van der Waals surface area (Å²) in [5.74, 6) is -0.101. The van der Waals surface area contributed by atoms with Gasteiger partial charge in [-0.3, -0.25) is 4.79 Å². The molecule has 4 nitrogen and oxygen atoms in total. The minimum Gasteiger partial charge on any atom is -0.491 e. The molecule has 0 aliphatic heterocycles. The van der Waals surface area contributed by atoms with Crippen LogP contribution in [0.4, 0.5) is 0 Å². The first-order valence-corrected chi connectivity index (χ1v) is 5.27. The van der Waals surface area contributed by atoms with Crippen LogP contribution in [0.5, 0.6) is 5.75 Å². The summed E-state index contributed by atoms with van der Waals surface area (Å²) in [5, 5.41) is 17.7. The molecular formula is C12H14O4. The van der Waals surface area contributed by atoms with Gasteiger partial charge in [-0.15, -0.1) is 0 Å². The Hall–Kier alpha value is -1.55. The number of ether oxygens (including phenoxy) is 1. The summed E-state index contributed by atoms with van der Waals surface area (Å²) in [6.07, 6.45) is 1.42. The van der Waals surface area contributed by atoms with Crippen LogP contribution < -0.4 is 4.74 Å². The molecule has 16 heavy (non-hydrogen) atoms. The third-order valence-electron chi connectivity index (χ3n) is 2.93. The number of carboxylic acids is 1. The molecule has 1 aromatic carbocycles. The number of carbonyl (C=O) groups is 1. The van der Waals surface area contributed by atoms with Gasteiger partial charge in [-0.2, -0.15) is 0 Å². The molecule has 0 radical (unpaired) electrons. The van der Waals surface area contributed by atoms with Crippen molar-refractivity contribution in [3.8, 4) is 5.75 Å². The van der Waals surface area contributed by atoms with Gasteiger partial charge < -0.3 is 14.9 Å². The van der Waals surface area contributed by atoms with Gasteiger partial charge in [-0.05, 0) is 30.5 Å². The molecule has 2 N–H and O–H groups in total. The van der Waals surface area contributed by atoms with Crippen molar-refractivity contribution in [2.24, 2.45) is 0 Å². The summed E-state index contributed by atoms with van der Waals surface area (Å²) in [5.41, 5.74) is 0.173. The maximum atomic E-state index is 11.1. The summed E-state index contributed by atoms with van der Waals surface area (Å²) < 4.78 is 5.21. The minimum atomic E-state index is -0.753. The number of benzene rings is 1. The van der Waals surface area contributed by atoms with Gasteiger partial charge in [0.2, 0.25) is 0 Å². The van der Waals surface area contributed by atoms with Crippen LogP contribution in [0.15, 0.2) is 24.3 Å². The largest absolute Gasteiger partial charge is 0.491 e. The normalized spacial score (nSPS) is 16.8. The lowest BCUT2D eigenvalue weighted by molar-refractivity contribution is -0.140. The predicted molar refractivity (Wildman–Crippen MR) is 57.6 cm³/mol. The zero-order valence-electron chi connectivity index (χ0n) is 8.85. The van der Waals surface area contributed by atoms with E-state index in [0.717, 1.165) is 5.56 Å². The van der Waals surface area contributed by atoms with E-state index in [2.05, 4.69) is 0 Å². The van der Waals surface area contributed by atoms with Crippen LogP contribution in [-0.4, -0.2) is 29.4 Å². The third-order valence-corrected chi connectivity index (χ3v) is 2.93. The average Bonchev–Trinajstić information content (AvgIpc) is 3.08. The summed E-state index contributed by atoms with van der Waals surface area (Å²) in [4.78, 5) is 11.1. The molecular weight excluding hydrogens is 208 g/mol. The highest BCUT2D eigenvalue weighted by atomic mass is 16.5. The molecule has 0 bridgehead atoms. The Bertz CT molecular complexity index is 379. The Labute approximate surface area is 93.5 Å². The summed E-state index contributed by atoms with van der Waals surface area (Å²) in [6.45, 7) is 0.226. The lowest BCUT2D eigenvalue weighted by atomic mass is 9.96. The molecule has 4 heteroatoms. The Morgan fingerprint density at radius 2 is 1.94 bits per heavy atom. The zero-order valence-corrected chi connectivity index (χ0v) is 8.85. The number of aliphatic hydroxyl groups is 1. The molecule has 0 amide bonds. The van der Waals surface area contributed by atoms with Crippen molar-refractivity contribution in [1.29, 1.82) is 0 Å². The van der Waals surface area contributed by atoms with Gasteiger partial charge >= 0.3 is 5.97 Å². The van der Waals surface area contributed by atoms with Gasteiger partial charge in [0, 0.05) is 0 Å². The second-order valence-corrected chi connectivity index (χ2v) is 3.98. The molecule has 0 aromatic heterocycles. The topological polar surface area (TPSA) is 66.8 Å². The van der Waals surface area contributed by atoms with Crippen molar-refractivity contribution < 1.29 is 19.7 Å². The smallest absolute Gasteiger partial charge is 0.314 e. The van der Waals surface area contributed by atoms with E-state index < -0.39 is 11.4 Å². The van der Waals surface area contributed by atoms with E-state index >= 15 is 0 Å². The first-order chi connectivity index (χ1) is 7.69. The highest BCUT2D eigenvalue weighted by molar-refractivity contribution is 5.84. The van der Waals surface area contributed by atoms with E-state index in [0.29, 0.717) is 18.6 Å². The van der Waals surface area contributed by atoms with E-state index in [1.165, 1.54) is 0 Å². The van der Waals surface area contributed by atoms with Crippen LogP contribution in [-0.2, 0) is 10.2 Å². The Morgan fingerprint density at radius 3 is 2.38 bits per heavy atom. The summed E-state index contributed by atoms with van der Waals surface area (Å²) in [6, 6.07) is 7.06. The number of aliphatic carboxylic acids is 1. The highest BCUT2D eigenvalue weighted by Crippen LogP contribution is 2.48. The van der Waals surface area contributed by atoms with Crippen LogP contribution in [0, 0.1) is 0 Å². The molecule has 0 spiro atoms. The number of aliphatic hydroxyl groups excluding tert-OH is 1. The maximum Gasteiger partial charge on any atom is 0.314 e. The van der Waals surface area contributed by atoms with Crippen molar-refractivity contribution in [2.45, 2.75) is 18.3 Å². The number of hydrogen-bond donors (Lipinski definition) is 2. The Morgan fingerprint density at radius 1 is 1.31 bits per heavy atom. The number of hydrogen-bond acceptors (Lipinski definition) is 3. The van der Waals surface area contributed by atoms with E-state index in [-0.39, 0.29) is 13.2 Å². The lowest BCUT2D eigenvalue weighted by Crippen LogP contribution is -2.19. The summed E-state index contributed by atoms with van der Waals surface area (Å²) >= 11 is 0. The van der Waals surface area contributed by atoms with Gasteiger partial charge in [-0.25, -0.2) is 0 Å². The summed E-state index contributed by atoms with van der Waals surface area (Å²) in [7, 11) is 0. The van der Waals surface area contributed by atoms with Crippen LogP contribution in [0.1, 0.15) is 18.4 Å². The molecule has 1 aliphatic carbocycles. The molecule has 1 fully saturated rings.